The normalized spacial score (nSPS) is 16.0. The SMILES string of the molecule is II.O=C1c2ccccc2C(=O)N1Cc1ccc2c3[n-]c(c2c1)=NC1=[C-]C(Nc2[n-]c(c4ccccc24)N=C2[C-]=C(N=3)c3ccccc32)c2ccccc21.[Cu]. The number of amides is 2. The molecule has 0 fully saturated rings. The van der Waals surface area contributed by atoms with E-state index in [4.69, 9.17) is 24.9 Å². The van der Waals surface area contributed by atoms with Crippen molar-refractivity contribution in [2.24, 2.45) is 15.0 Å². The van der Waals surface area contributed by atoms with E-state index < -0.39 is 0 Å². The first-order valence-corrected chi connectivity index (χ1v) is 23.4. The minimum atomic E-state index is -0.332. The van der Waals surface area contributed by atoms with Gasteiger partial charge in [-0.15, -0.1) is 35.2 Å². The number of imide groups is 1. The number of carbonyl (C=O) groups excluding carboxylic acids is 2. The Bertz CT molecular complexity index is 2960. The summed E-state index contributed by atoms with van der Waals surface area (Å²) in [6.07, 6.45) is 7.04. The Kier molecular flexibility index (Phi) is 9.16. The summed E-state index contributed by atoms with van der Waals surface area (Å²) < 4.78 is 0. The number of allylic oxidation sites excluding steroid dienone is 1. The van der Waals surface area contributed by atoms with Gasteiger partial charge in [0.2, 0.25) is 0 Å². The summed E-state index contributed by atoms with van der Waals surface area (Å²) >= 11 is 4.24. The molecule has 2 aliphatic heterocycles. The Morgan fingerprint density at radius 2 is 1.25 bits per heavy atom. The van der Waals surface area contributed by atoms with Crippen LogP contribution in [0.25, 0.3) is 32.9 Å². The van der Waals surface area contributed by atoms with Gasteiger partial charge in [-0.1, -0.05) is 84.9 Å². The number of benzene rings is 5. The van der Waals surface area contributed by atoms with E-state index in [9.17, 15) is 9.59 Å². The van der Waals surface area contributed by atoms with Gasteiger partial charge in [0.25, 0.3) is 11.8 Å². The van der Waals surface area contributed by atoms with Gasteiger partial charge in [0.05, 0.1) is 17.7 Å². The van der Waals surface area contributed by atoms with Crippen molar-refractivity contribution < 1.29 is 26.7 Å². The minimum absolute atomic E-state index is 0. The zero-order chi connectivity index (χ0) is 36.5. The van der Waals surface area contributed by atoms with Crippen molar-refractivity contribution in [3.63, 3.8) is 0 Å². The van der Waals surface area contributed by atoms with Crippen LogP contribution in [0.2, 0.25) is 0 Å². The van der Waals surface area contributed by atoms with Crippen LogP contribution >= 0.6 is 37.2 Å². The van der Waals surface area contributed by atoms with Gasteiger partial charge < -0.3 is 30.3 Å². The first kappa shape index (κ1) is 35.5. The molecule has 2 aromatic heterocycles. The minimum Gasteiger partial charge on any atom is -0.449 e. The second-order valence-corrected chi connectivity index (χ2v) is 13.1. The third-order valence-electron chi connectivity index (χ3n) is 10.1. The molecule has 11 rings (SSSR count). The van der Waals surface area contributed by atoms with E-state index in [1.807, 2.05) is 84.9 Å². The molecule has 7 aromatic rings. The van der Waals surface area contributed by atoms with E-state index in [1.165, 1.54) is 4.90 Å². The number of rotatable bonds is 2. The van der Waals surface area contributed by atoms with Crippen molar-refractivity contribution in [3.8, 4) is 0 Å². The number of aromatic nitrogens is 2. The summed E-state index contributed by atoms with van der Waals surface area (Å²) in [5.41, 5.74) is 8.17. The smallest absolute Gasteiger partial charge is 0.261 e. The van der Waals surface area contributed by atoms with Gasteiger partial charge in [-0.3, -0.25) is 20.6 Å². The first-order valence-electron chi connectivity index (χ1n) is 17.1. The molecule has 0 spiro atoms. The molecular weight excluding hydrogens is 964 g/mol. The average molecular weight is 987 g/mol. The van der Waals surface area contributed by atoms with Crippen molar-refractivity contribution >= 4 is 99.3 Å². The second kappa shape index (κ2) is 14.2. The first-order chi connectivity index (χ1) is 26.6. The molecule has 1 radical (unpaired) electrons. The summed E-state index contributed by atoms with van der Waals surface area (Å²) in [4.78, 5) is 53.1. The maximum atomic E-state index is 13.3. The van der Waals surface area contributed by atoms with Crippen molar-refractivity contribution in [1.82, 2.24) is 14.9 Å². The van der Waals surface area contributed by atoms with Gasteiger partial charge in [0.1, 0.15) is 0 Å². The molecule has 1 N–H and O–H groups in total. The van der Waals surface area contributed by atoms with Crippen molar-refractivity contribution in [2.75, 3.05) is 5.32 Å². The van der Waals surface area contributed by atoms with E-state index in [1.54, 1.807) is 24.3 Å². The maximum absolute atomic E-state index is 13.3. The zero-order valence-electron chi connectivity index (χ0n) is 28.3. The molecule has 55 heavy (non-hydrogen) atoms. The standard InChI is InChI=1S/C43H25N7O2.Cu.I2/c51-42-31-15-7-8-16-32(31)43(52)50(42)22-23-17-18-30-33(19-23)41-47-37-21-35(26-11-3-4-12-27(26)37)45-39-29-14-6-5-13-28(29)38(48-39)44-34-20-36(46-40(30)49-41)25-10-2-1-9-24(25)34;;1-2/h1-19,35H,22H2,(H3,44,45,46,47,48,49,51,52);;/q-2;;/p-2. The van der Waals surface area contributed by atoms with E-state index >= 15 is 0 Å². The van der Waals surface area contributed by atoms with Crippen LogP contribution in [0.15, 0.2) is 130 Å². The van der Waals surface area contributed by atoms with Gasteiger partial charge in [-0.2, -0.15) is 28.5 Å². The molecule has 0 saturated heterocycles. The monoisotopic (exact) mass is 986 g/mol. The molecule has 1 atom stereocenters. The second-order valence-electron chi connectivity index (χ2n) is 13.1. The van der Waals surface area contributed by atoms with Gasteiger partial charge >= 0.3 is 0 Å². The summed E-state index contributed by atoms with van der Waals surface area (Å²) in [6, 6.07) is 36.5. The molecule has 0 saturated carbocycles. The molecule has 9 nitrogen and oxygen atoms in total. The largest absolute Gasteiger partial charge is 0.449 e. The van der Waals surface area contributed by atoms with Crippen LogP contribution in [0.5, 0.6) is 0 Å². The predicted molar refractivity (Wildman–Crippen MR) is 224 cm³/mol. The fraction of sp³-hybridized carbons (Fsp3) is 0.0465. The van der Waals surface area contributed by atoms with Crippen LogP contribution in [0.3, 0.4) is 0 Å². The van der Waals surface area contributed by atoms with Crippen molar-refractivity contribution in [2.45, 2.75) is 12.6 Å². The number of carbonyl (C=O) groups is 2. The topological polar surface area (TPSA) is 115 Å². The Labute approximate surface area is 348 Å². The molecule has 5 aromatic carbocycles. The number of nitrogens with zero attached hydrogens (tertiary/aromatic N) is 6. The molecule has 8 bridgehead atoms. The Hall–Kier alpha value is -5.15. The number of hydrogen-bond donors (Lipinski definition) is 1. The zero-order valence-corrected chi connectivity index (χ0v) is 33.6. The van der Waals surface area contributed by atoms with Crippen molar-refractivity contribution in [1.29, 1.82) is 0 Å². The maximum Gasteiger partial charge on any atom is 0.261 e. The summed E-state index contributed by atoms with van der Waals surface area (Å²) in [6.45, 7) is 0.109. The number of aliphatic imine (C=N–C) groups is 1. The summed E-state index contributed by atoms with van der Waals surface area (Å²) in [7, 11) is 0. The van der Waals surface area contributed by atoms with E-state index in [0.29, 0.717) is 50.8 Å². The van der Waals surface area contributed by atoms with Crippen LogP contribution in [-0.4, -0.2) is 22.4 Å². The van der Waals surface area contributed by atoms with Crippen LogP contribution < -0.4 is 26.3 Å². The molecule has 1 unspecified atom stereocenters. The molecule has 12 heteroatoms. The number of halogens is 2. The van der Waals surface area contributed by atoms with Gasteiger partial charge in [-0.25, -0.2) is 0 Å². The molecule has 4 heterocycles. The van der Waals surface area contributed by atoms with Crippen LogP contribution in [-0.2, 0) is 23.6 Å². The molecular formula is C43H23CuI2N7O2-4. The van der Waals surface area contributed by atoms with Crippen LogP contribution in [0.1, 0.15) is 54.6 Å². The van der Waals surface area contributed by atoms with Crippen molar-refractivity contribution in [3.05, 3.63) is 177 Å². The number of anilines is 1. The number of fused-ring (bicyclic) bond motifs is 19. The number of nitrogens with one attached hydrogen (secondary N) is 1. The quantitative estimate of drug-likeness (QED) is 0.0817. The third-order valence-corrected chi connectivity index (χ3v) is 10.1. The van der Waals surface area contributed by atoms with Crippen LogP contribution in [0, 0.1) is 12.2 Å². The Balaban J connectivity index is 0.00000130. The molecule has 271 valence electrons. The van der Waals surface area contributed by atoms with E-state index in [-0.39, 0.29) is 41.5 Å². The fourth-order valence-corrected chi connectivity index (χ4v) is 7.57. The fourth-order valence-electron chi connectivity index (χ4n) is 7.57. The summed E-state index contributed by atoms with van der Waals surface area (Å²) in [5, 5.41) is 7.03. The van der Waals surface area contributed by atoms with Gasteiger partial charge in [0, 0.05) is 76.9 Å². The van der Waals surface area contributed by atoms with Gasteiger partial charge in [-0.05, 0) is 45.3 Å². The predicted octanol–water partition coefficient (Wildman–Crippen LogP) is 8.01. The summed E-state index contributed by atoms with van der Waals surface area (Å²) in [5.74, 6) is 0.680. The van der Waals surface area contributed by atoms with E-state index in [0.717, 1.165) is 49.4 Å². The Morgan fingerprint density at radius 1 is 0.636 bits per heavy atom. The molecule has 2 aliphatic carbocycles. The average Bonchev–Trinajstić information content (AvgIpc) is 3.99. The molecule has 2 amide bonds. The molecule has 4 aliphatic rings. The third kappa shape index (κ3) is 5.81. The Morgan fingerprint density at radius 3 is 2.02 bits per heavy atom. The van der Waals surface area contributed by atoms with Crippen LogP contribution in [0.4, 0.5) is 11.6 Å². The van der Waals surface area contributed by atoms with E-state index in [2.05, 4.69) is 60.8 Å². The van der Waals surface area contributed by atoms with Gasteiger partial charge in [0.15, 0.2) is 0 Å². The number of hydrogen-bond acceptors (Lipinski definition) is 6.